The van der Waals surface area contributed by atoms with Crippen molar-refractivity contribution in [1.82, 2.24) is 10.2 Å². The molecule has 0 aliphatic carbocycles. The van der Waals surface area contributed by atoms with Crippen LogP contribution in [-0.2, 0) is 9.53 Å². The Morgan fingerprint density at radius 2 is 2.04 bits per heavy atom. The van der Waals surface area contributed by atoms with Gasteiger partial charge < -0.3 is 19.7 Å². The lowest BCUT2D eigenvalue weighted by atomic mass is 9.97. The second-order valence-electron chi connectivity index (χ2n) is 6.28. The number of ether oxygens (including phenoxy) is 2. The zero-order valence-corrected chi connectivity index (χ0v) is 14.0. The summed E-state index contributed by atoms with van der Waals surface area (Å²) >= 11 is 0. The maximum absolute atomic E-state index is 12.3. The smallest absolute Gasteiger partial charge is 0.409 e. The Hall–Kier alpha value is -2.24. The fourth-order valence-corrected chi connectivity index (χ4v) is 3.33. The number of benzene rings is 1. The molecule has 2 heterocycles. The van der Waals surface area contributed by atoms with Crippen molar-refractivity contribution < 1.29 is 19.1 Å². The lowest BCUT2D eigenvalue weighted by Gasteiger charge is -2.31. The van der Waals surface area contributed by atoms with E-state index >= 15 is 0 Å². The van der Waals surface area contributed by atoms with E-state index in [0.717, 1.165) is 24.2 Å². The van der Waals surface area contributed by atoms with Crippen molar-refractivity contribution in [2.75, 3.05) is 26.3 Å². The fourth-order valence-electron chi connectivity index (χ4n) is 3.33. The van der Waals surface area contributed by atoms with Crippen molar-refractivity contribution in [3.05, 3.63) is 29.8 Å². The summed E-state index contributed by atoms with van der Waals surface area (Å²) in [6.07, 6.45) is 1.71. The number of piperidine rings is 1. The molecular weight excluding hydrogens is 308 g/mol. The van der Waals surface area contributed by atoms with Gasteiger partial charge in [0.1, 0.15) is 5.75 Å². The minimum absolute atomic E-state index is 0.0508. The third-order valence-corrected chi connectivity index (χ3v) is 4.62. The Labute approximate surface area is 142 Å². The molecule has 24 heavy (non-hydrogen) atoms. The number of fused-ring (bicyclic) bond motifs is 1. The van der Waals surface area contributed by atoms with Crippen LogP contribution in [-0.4, -0.2) is 49.2 Å². The molecule has 6 nitrogen and oxygen atoms in total. The van der Waals surface area contributed by atoms with Gasteiger partial charge in [0.2, 0.25) is 5.91 Å². The minimum Gasteiger partial charge on any atom is -0.493 e. The zero-order chi connectivity index (χ0) is 16.9. The van der Waals surface area contributed by atoms with E-state index in [2.05, 4.69) is 5.32 Å². The van der Waals surface area contributed by atoms with Crippen LogP contribution in [0.4, 0.5) is 4.79 Å². The van der Waals surface area contributed by atoms with Crippen molar-refractivity contribution in [1.29, 1.82) is 0 Å². The predicted octanol–water partition coefficient (Wildman–Crippen LogP) is 2.29. The van der Waals surface area contributed by atoms with Gasteiger partial charge in [-0.3, -0.25) is 4.79 Å². The van der Waals surface area contributed by atoms with Crippen LogP contribution in [0.2, 0.25) is 0 Å². The quantitative estimate of drug-likeness (QED) is 0.918. The van der Waals surface area contributed by atoms with E-state index in [4.69, 9.17) is 9.47 Å². The van der Waals surface area contributed by atoms with Crippen LogP contribution in [0.1, 0.15) is 37.7 Å². The lowest BCUT2D eigenvalue weighted by molar-refractivity contribution is -0.122. The molecule has 1 fully saturated rings. The van der Waals surface area contributed by atoms with Crippen molar-refractivity contribution in [2.24, 2.45) is 0 Å². The summed E-state index contributed by atoms with van der Waals surface area (Å²) in [4.78, 5) is 25.7. The standard InChI is InChI=1S/C18H24N2O4/c1-2-23-18(22)20-9-7-14(8-10-20)19-17(21)11-13-12-24-16-6-4-3-5-15(13)16/h3-6,13-14H,2,7-12H2,1H3,(H,19,21). The normalized spacial score (nSPS) is 20.2. The highest BCUT2D eigenvalue weighted by molar-refractivity contribution is 5.77. The third kappa shape index (κ3) is 3.80. The average molecular weight is 332 g/mol. The second kappa shape index (κ2) is 7.55. The number of likely N-dealkylation sites (tertiary alicyclic amines) is 1. The molecule has 1 saturated heterocycles. The largest absolute Gasteiger partial charge is 0.493 e. The Bertz CT molecular complexity index is 596. The number of carbonyl (C=O) groups is 2. The predicted molar refractivity (Wildman–Crippen MR) is 89.1 cm³/mol. The van der Waals surface area contributed by atoms with Crippen LogP contribution < -0.4 is 10.1 Å². The molecule has 0 bridgehead atoms. The van der Waals surface area contributed by atoms with E-state index in [9.17, 15) is 9.59 Å². The van der Waals surface area contributed by atoms with E-state index in [-0.39, 0.29) is 24.0 Å². The molecule has 2 amide bonds. The first kappa shape index (κ1) is 16.6. The summed E-state index contributed by atoms with van der Waals surface area (Å²) in [7, 11) is 0. The van der Waals surface area contributed by atoms with Crippen molar-refractivity contribution >= 4 is 12.0 Å². The number of para-hydroxylation sites is 1. The molecule has 6 heteroatoms. The van der Waals surface area contributed by atoms with Gasteiger partial charge in [-0.25, -0.2) is 4.79 Å². The fraction of sp³-hybridized carbons (Fsp3) is 0.556. The van der Waals surface area contributed by atoms with E-state index in [1.54, 1.807) is 11.8 Å². The topological polar surface area (TPSA) is 67.9 Å². The van der Waals surface area contributed by atoms with E-state index < -0.39 is 0 Å². The second-order valence-corrected chi connectivity index (χ2v) is 6.28. The highest BCUT2D eigenvalue weighted by atomic mass is 16.6. The van der Waals surface area contributed by atoms with Crippen LogP contribution in [0.25, 0.3) is 0 Å². The highest BCUT2D eigenvalue weighted by Crippen LogP contribution is 2.35. The van der Waals surface area contributed by atoms with Gasteiger partial charge in [-0.15, -0.1) is 0 Å². The molecule has 2 aliphatic rings. The first-order valence-corrected chi connectivity index (χ1v) is 8.60. The van der Waals surface area contributed by atoms with Gasteiger partial charge in [0.25, 0.3) is 0 Å². The van der Waals surface area contributed by atoms with Crippen LogP contribution in [0, 0.1) is 0 Å². The van der Waals surface area contributed by atoms with Gasteiger partial charge in [-0.2, -0.15) is 0 Å². The maximum Gasteiger partial charge on any atom is 0.409 e. The number of nitrogens with zero attached hydrogens (tertiary/aromatic N) is 1. The molecule has 0 radical (unpaired) electrons. The monoisotopic (exact) mass is 332 g/mol. The average Bonchev–Trinajstić information content (AvgIpc) is 2.99. The van der Waals surface area contributed by atoms with E-state index in [1.807, 2.05) is 24.3 Å². The Kier molecular flexibility index (Phi) is 5.23. The maximum atomic E-state index is 12.3. The summed E-state index contributed by atoms with van der Waals surface area (Å²) < 4.78 is 10.6. The first-order chi connectivity index (χ1) is 11.7. The summed E-state index contributed by atoms with van der Waals surface area (Å²) in [6, 6.07) is 8.01. The van der Waals surface area contributed by atoms with Crippen LogP contribution >= 0.6 is 0 Å². The van der Waals surface area contributed by atoms with Gasteiger partial charge >= 0.3 is 6.09 Å². The number of nitrogens with one attached hydrogen (secondary N) is 1. The SMILES string of the molecule is CCOC(=O)N1CCC(NC(=O)CC2COc3ccccc32)CC1. The molecule has 1 aromatic rings. The number of rotatable bonds is 4. The summed E-state index contributed by atoms with van der Waals surface area (Å²) in [5, 5.41) is 3.09. The first-order valence-electron chi connectivity index (χ1n) is 8.60. The van der Waals surface area contributed by atoms with Crippen molar-refractivity contribution in [3.8, 4) is 5.75 Å². The van der Waals surface area contributed by atoms with Crippen LogP contribution in [0.3, 0.4) is 0 Å². The third-order valence-electron chi connectivity index (χ3n) is 4.62. The number of amides is 2. The zero-order valence-electron chi connectivity index (χ0n) is 14.0. The van der Waals surface area contributed by atoms with Gasteiger partial charge in [-0.1, -0.05) is 18.2 Å². The molecule has 3 rings (SSSR count). The van der Waals surface area contributed by atoms with Gasteiger partial charge in [0.15, 0.2) is 0 Å². The van der Waals surface area contributed by atoms with Gasteiger partial charge in [0, 0.05) is 37.0 Å². The summed E-state index contributed by atoms with van der Waals surface area (Å²) in [5.41, 5.74) is 1.12. The van der Waals surface area contributed by atoms with Crippen molar-refractivity contribution in [3.63, 3.8) is 0 Å². The molecule has 0 aromatic heterocycles. The van der Waals surface area contributed by atoms with E-state index in [1.165, 1.54) is 0 Å². The van der Waals surface area contributed by atoms with E-state index in [0.29, 0.717) is 32.7 Å². The minimum atomic E-state index is -0.262. The Morgan fingerprint density at radius 1 is 1.29 bits per heavy atom. The van der Waals surface area contributed by atoms with Gasteiger partial charge in [0.05, 0.1) is 13.2 Å². The number of hydrogen-bond acceptors (Lipinski definition) is 4. The van der Waals surface area contributed by atoms with Crippen LogP contribution in [0.5, 0.6) is 5.75 Å². The molecule has 130 valence electrons. The molecule has 1 atom stereocenters. The summed E-state index contributed by atoms with van der Waals surface area (Å²) in [5.74, 6) is 1.06. The molecule has 1 N–H and O–H groups in total. The number of hydrogen-bond donors (Lipinski definition) is 1. The highest BCUT2D eigenvalue weighted by Gasteiger charge is 2.28. The lowest BCUT2D eigenvalue weighted by Crippen LogP contribution is -2.46. The molecule has 1 unspecified atom stereocenters. The Balaban J connectivity index is 1.45. The van der Waals surface area contributed by atoms with Crippen molar-refractivity contribution in [2.45, 2.75) is 38.1 Å². The Morgan fingerprint density at radius 3 is 2.79 bits per heavy atom. The van der Waals surface area contributed by atoms with Gasteiger partial charge in [-0.05, 0) is 25.8 Å². The van der Waals surface area contributed by atoms with Crippen LogP contribution in [0.15, 0.2) is 24.3 Å². The molecule has 0 saturated carbocycles. The number of carbonyl (C=O) groups excluding carboxylic acids is 2. The molecule has 2 aliphatic heterocycles. The summed E-state index contributed by atoms with van der Waals surface area (Å²) in [6.45, 7) is 4.00. The molecule has 1 aromatic carbocycles. The molecular formula is C18H24N2O4. The molecule has 0 spiro atoms.